The average molecular weight is 362 g/mol. The van der Waals surface area contributed by atoms with Crippen molar-refractivity contribution in [3.8, 4) is 5.75 Å². The zero-order chi connectivity index (χ0) is 17.3. The third-order valence-electron chi connectivity index (χ3n) is 4.46. The van der Waals surface area contributed by atoms with Crippen LogP contribution in [0.4, 0.5) is 5.95 Å². The maximum absolute atomic E-state index is 5.89. The lowest BCUT2D eigenvalue weighted by Gasteiger charge is -2.26. The number of nitrogens with one attached hydrogen (secondary N) is 1. The molecule has 1 aliphatic heterocycles. The first-order valence-electron chi connectivity index (χ1n) is 9.29. The fourth-order valence-electron chi connectivity index (χ4n) is 3.12. The fraction of sp³-hybridized carbons (Fsp3) is 0.611. The highest BCUT2D eigenvalue weighted by atomic mass is 16.5. The third-order valence-corrected chi connectivity index (χ3v) is 4.46. The van der Waals surface area contributed by atoms with Crippen molar-refractivity contribution in [3.05, 3.63) is 29.8 Å². The van der Waals surface area contributed by atoms with Gasteiger partial charge in [0.05, 0.1) is 6.61 Å². The smallest absolute Gasteiger partial charge is 0.242 e. The monoisotopic (exact) mass is 362 g/mol. The standard InChI is InChI=1S/C18H28N6O.H2O/c1-2-24-18(20-21-22-24)19-10-7-13-25-17-9-6-8-16(14-17)15-23-11-4-3-5-12-23;/h6,8-9,14H,2-5,7,10-13,15H2,1H3,(H,19,20,22);1H2. The van der Waals surface area contributed by atoms with Gasteiger partial charge in [-0.1, -0.05) is 23.7 Å². The zero-order valence-corrected chi connectivity index (χ0v) is 15.5. The zero-order valence-electron chi connectivity index (χ0n) is 15.5. The van der Waals surface area contributed by atoms with Gasteiger partial charge in [-0.2, -0.15) is 0 Å². The minimum Gasteiger partial charge on any atom is -0.494 e. The van der Waals surface area contributed by atoms with Crippen LogP contribution in [0.3, 0.4) is 0 Å². The van der Waals surface area contributed by atoms with Crippen LogP contribution >= 0.6 is 0 Å². The molecule has 8 nitrogen and oxygen atoms in total. The molecule has 1 fully saturated rings. The number of likely N-dealkylation sites (tertiary alicyclic amines) is 1. The van der Waals surface area contributed by atoms with E-state index in [1.807, 2.05) is 13.0 Å². The molecule has 3 rings (SSSR count). The van der Waals surface area contributed by atoms with Gasteiger partial charge in [-0.15, -0.1) is 0 Å². The van der Waals surface area contributed by atoms with Crippen molar-refractivity contribution in [2.24, 2.45) is 0 Å². The van der Waals surface area contributed by atoms with Crippen LogP contribution in [0.2, 0.25) is 0 Å². The first-order valence-corrected chi connectivity index (χ1v) is 9.29. The number of hydrogen-bond acceptors (Lipinski definition) is 6. The van der Waals surface area contributed by atoms with Crippen molar-refractivity contribution in [1.29, 1.82) is 0 Å². The largest absolute Gasteiger partial charge is 0.494 e. The van der Waals surface area contributed by atoms with Crippen LogP contribution in [0.1, 0.15) is 38.2 Å². The summed E-state index contributed by atoms with van der Waals surface area (Å²) < 4.78 is 7.64. The summed E-state index contributed by atoms with van der Waals surface area (Å²) >= 11 is 0. The maximum Gasteiger partial charge on any atom is 0.242 e. The Hall–Kier alpha value is -2.19. The van der Waals surface area contributed by atoms with Gasteiger partial charge in [0.25, 0.3) is 0 Å². The predicted molar refractivity (Wildman–Crippen MR) is 101 cm³/mol. The lowest BCUT2D eigenvalue weighted by molar-refractivity contribution is 0.220. The molecule has 0 radical (unpaired) electrons. The summed E-state index contributed by atoms with van der Waals surface area (Å²) in [5, 5.41) is 14.8. The Bertz CT molecular complexity index is 642. The first-order chi connectivity index (χ1) is 12.3. The number of benzene rings is 1. The van der Waals surface area contributed by atoms with E-state index in [1.165, 1.54) is 37.9 Å². The molecule has 1 aliphatic rings. The molecule has 0 aliphatic carbocycles. The van der Waals surface area contributed by atoms with E-state index in [2.05, 4.69) is 43.9 Å². The number of tetrazole rings is 1. The van der Waals surface area contributed by atoms with E-state index in [0.717, 1.165) is 31.8 Å². The molecule has 1 aromatic heterocycles. The summed E-state index contributed by atoms with van der Waals surface area (Å²) in [6, 6.07) is 8.47. The second-order valence-corrected chi connectivity index (χ2v) is 6.43. The average Bonchev–Trinajstić information content (AvgIpc) is 3.10. The molecule has 8 heteroatoms. The number of piperidine rings is 1. The van der Waals surface area contributed by atoms with Crippen LogP contribution < -0.4 is 10.1 Å². The van der Waals surface area contributed by atoms with E-state index in [0.29, 0.717) is 12.6 Å². The van der Waals surface area contributed by atoms with Crippen LogP contribution in [-0.4, -0.2) is 56.8 Å². The predicted octanol–water partition coefficient (Wildman–Crippen LogP) is 1.74. The molecular formula is C18H30N6O2. The Kier molecular flexibility index (Phi) is 8.30. The third kappa shape index (κ3) is 5.96. The van der Waals surface area contributed by atoms with E-state index >= 15 is 0 Å². The van der Waals surface area contributed by atoms with E-state index < -0.39 is 0 Å². The van der Waals surface area contributed by atoms with Crippen molar-refractivity contribution in [2.45, 2.75) is 45.7 Å². The molecule has 2 heterocycles. The van der Waals surface area contributed by atoms with Crippen molar-refractivity contribution >= 4 is 5.95 Å². The normalized spacial score (nSPS) is 14.7. The van der Waals surface area contributed by atoms with Gasteiger partial charge >= 0.3 is 0 Å². The van der Waals surface area contributed by atoms with Crippen molar-refractivity contribution < 1.29 is 10.2 Å². The molecule has 1 saturated heterocycles. The topological polar surface area (TPSA) is 99.6 Å². The van der Waals surface area contributed by atoms with Crippen LogP contribution in [-0.2, 0) is 13.1 Å². The van der Waals surface area contributed by atoms with Gasteiger partial charge in [0.2, 0.25) is 5.95 Å². The highest BCUT2D eigenvalue weighted by Crippen LogP contribution is 2.17. The van der Waals surface area contributed by atoms with E-state index in [9.17, 15) is 0 Å². The Morgan fingerprint density at radius 2 is 2.04 bits per heavy atom. The summed E-state index contributed by atoms with van der Waals surface area (Å²) in [7, 11) is 0. The van der Waals surface area contributed by atoms with Crippen LogP contribution in [0.5, 0.6) is 5.75 Å². The molecule has 0 saturated carbocycles. The summed E-state index contributed by atoms with van der Waals surface area (Å²) in [6.45, 7) is 7.69. The van der Waals surface area contributed by atoms with E-state index in [4.69, 9.17) is 4.74 Å². The molecule has 0 bridgehead atoms. The fourth-order valence-corrected chi connectivity index (χ4v) is 3.12. The maximum atomic E-state index is 5.89. The molecule has 0 atom stereocenters. The van der Waals surface area contributed by atoms with Gasteiger partial charge in [0, 0.05) is 19.6 Å². The van der Waals surface area contributed by atoms with Crippen LogP contribution in [0.25, 0.3) is 0 Å². The highest BCUT2D eigenvalue weighted by molar-refractivity contribution is 5.28. The first kappa shape index (κ1) is 20.1. The lowest BCUT2D eigenvalue weighted by atomic mass is 10.1. The Balaban J connectivity index is 0.00000243. The molecule has 0 spiro atoms. The molecule has 144 valence electrons. The summed E-state index contributed by atoms with van der Waals surface area (Å²) in [5.41, 5.74) is 1.33. The van der Waals surface area contributed by atoms with Gasteiger partial charge in [-0.3, -0.25) is 4.90 Å². The number of aromatic nitrogens is 4. The molecule has 2 aromatic rings. The van der Waals surface area contributed by atoms with Gasteiger partial charge < -0.3 is 15.5 Å². The van der Waals surface area contributed by atoms with E-state index in [-0.39, 0.29) is 5.48 Å². The van der Waals surface area contributed by atoms with Crippen LogP contribution in [0.15, 0.2) is 24.3 Å². The Morgan fingerprint density at radius 1 is 1.19 bits per heavy atom. The highest BCUT2D eigenvalue weighted by Gasteiger charge is 2.10. The number of rotatable bonds is 9. The van der Waals surface area contributed by atoms with Crippen molar-refractivity contribution in [2.75, 3.05) is 31.6 Å². The molecule has 0 unspecified atom stereocenters. The molecule has 26 heavy (non-hydrogen) atoms. The molecular weight excluding hydrogens is 332 g/mol. The van der Waals surface area contributed by atoms with E-state index in [1.54, 1.807) is 4.68 Å². The van der Waals surface area contributed by atoms with Gasteiger partial charge in [-0.25, -0.2) is 4.68 Å². The van der Waals surface area contributed by atoms with Gasteiger partial charge in [-0.05, 0) is 67.4 Å². The number of aryl methyl sites for hydroxylation is 1. The van der Waals surface area contributed by atoms with Gasteiger partial charge in [0.15, 0.2) is 0 Å². The summed E-state index contributed by atoms with van der Waals surface area (Å²) in [4.78, 5) is 2.53. The Morgan fingerprint density at radius 3 is 2.85 bits per heavy atom. The number of ether oxygens (including phenoxy) is 1. The van der Waals surface area contributed by atoms with Crippen LogP contribution in [0, 0.1) is 0 Å². The van der Waals surface area contributed by atoms with Crippen molar-refractivity contribution in [3.63, 3.8) is 0 Å². The lowest BCUT2D eigenvalue weighted by Crippen LogP contribution is -2.29. The number of nitrogens with zero attached hydrogens (tertiary/aromatic N) is 5. The second kappa shape index (κ2) is 10.7. The number of anilines is 1. The SMILES string of the molecule is CCn1nnnc1NCCCOc1cccc(CN2CCCCC2)c1.O. The minimum atomic E-state index is 0. The molecule has 0 amide bonds. The quantitative estimate of drug-likeness (QED) is 0.682. The number of hydrogen-bond donors (Lipinski definition) is 1. The summed E-state index contributed by atoms with van der Waals surface area (Å²) in [6.07, 6.45) is 4.92. The summed E-state index contributed by atoms with van der Waals surface area (Å²) in [5.74, 6) is 1.67. The van der Waals surface area contributed by atoms with Crippen molar-refractivity contribution in [1.82, 2.24) is 25.1 Å². The molecule has 3 N–H and O–H groups in total. The Labute approximate surface area is 154 Å². The second-order valence-electron chi connectivity index (χ2n) is 6.43. The molecule has 1 aromatic carbocycles. The van der Waals surface area contributed by atoms with Gasteiger partial charge in [0.1, 0.15) is 5.75 Å². The minimum absolute atomic E-state index is 0.